The molecule has 4 saturated carbocycles. The maximum Gasteiger partial charge on any atom is 0.306 e. The quantitative estimate of drug-likeness (QED) is 0.420. The minimum atomic E-state index is -0.603. The van der Waals surface area contributed by atoms with Crippen LogP contribution in [0.25, 0.3) is 0 Å². The van der Waals surface area contributed by atoms with Gasteiger partial charge in [0, 0.05) is 12.8 Å². The molecule has 10 unspecified atom stereocenters. The number of carbonyl (C=O) groups excluding carboxylic acids is 2. The summed E-state index contributed by atoms with van der Waals surface area (Å²) >= 11 is 0. The molecule has 4 aliphatic rings. The van der Waals surface area contributed by atoms with Gasteiger partial charge in [0.25, 0.3) is 0 Å². The first-order valence-corrected chi connectivity index (χ1v) is 14.4. The van der Waals surface area contributed by atoms with Crippen molar-refractivity contribution in [2.75, 3.05) is 6.61 Å². The molecule has 0 aliphatic heterocycles. The Balaban J connectivity index is 1.68. The first kappa shape index (κ1) is 26.7. The van der Waals surface area contributed by atoms with Crippen LogP contribution in [0, 0.1) is 64.1 Å². The van der Waals surface area contributed by atoms with Crippen LogP contribution in [-0.4, -0.2) is 29.4 Å². The summed E-state index contributed by atoms with van der Waals surface area (Å²) in [5.41, 5.74) is 0.200. The number of carboxylic acid groups (broad SMARTS) is 1. The molecular weight excluding hydrogens is 440 g/mol. The second-order valence-corrected chi connectivity index (χ2v) is 13.3. The van der Waals surface area contributed by atoms with E-state index in [2.05, 4.69) is 34.6 Å². The van der Waals surface area contributed by atoms with Gasteiger partial charge in [0.05, 0.1) is 5.92 Å². The molecule has 0 saturated heterocycles. The van der Waals surface area contributed by atoms with Gasteiger partial charge in [-0.2, -0.15) is 0 Å². The predicted molar refractivity (Wildman–Crippen MR) is 135 cm³/mol. The van der Waals surface area contributed by atoms with Crippen molar-refractivity contribution in [3.8, 4) is 0 Å². The van der Waals surface area contributed by atoms with Gasteiger partial charge >= 0.3 is 11.9 Å². The highest BCUT2D eigenvalue weighted by Gasteiger charge is 2.65. The first-order valence-electron chi connectivity index (χ1n) is 14.4. The van der Waals surface area contributed by atoms with Crippen molar-refractivity contribution in [1.29, 1.82) is 0 Å². The molecule has 0 radical (unpaired) electrons. The minimum Gasteiger partial charge on any atom is -0.481 e. The minimum absolute atomic E-state index is 0.00896. The standard InChI is InChI=1S/C30H48O5/c1-7-18(4)21-15-22-23-8-9-25(27(32)16-35-19(5)31)29(23,6)12-11-24(22)30(17(2)3)13-10-20(28(33)34)14-26(21)30/h17-18,20-26H,7-16H2,1-6H3,(H,33,34). The monoisotopic (exact) mass is 488 g/mol. The van der Waals surface area contributed by atoms with Crippen molar-refractivity contribution in [1.82, 2.24) is 0 Å². The Morgan fingerprint density at radius 2 is 1.69 bits per heavy atom. The molecular formula is C30H48O5. The number of ether oxygens (including phenoxy) is 1. The van der Waals surface area contributed by atoms with Crippen LogP contribution in [-0.2, 0) is 19.1 Å². The lowest BCUT2D eigenvalue weighted by Crippen LogP contribution is -2.60. The highest BCUT2D eigenvalue weighted by Crippen LogP contribution is 2.71. The third-order valence-electron chi connectivity index (χ3n) is 11.9. The van der Waals surface area contributed by atoms with Crippen molar-refractivity contribution in [3.63, 3.8) is 0 Å². The molecule has 0 heterocycles. The molecule has 0 spiro atoms. The van der Waals surface area contributed by atoms with Crippen LogP contribution in [0.5, 0.6) is 0 Å². The summed E-state index contributed by atoms with van der Waals surface area (Å²) in [6.07, 6.45) is 9.24. The smallest absolute Gasteiger partial charge is 0.306 e. The molecule has 35 heavy (non-hydrogen) atoms. The number of carboxylic acids is 1. The Morgan fingerprint density at radius 3 is 2.29 bits per heavy atom. The first-order chi connectivity index (χ1) is 16.5. The maximum absolute atomic E-state index is 13.2. The highest BCUT2D eigenvalue weighted by molar-refractivity contribution is 5.85. The maximum atomic E-state index is 13.2. The van der Waals surface area contributed by atoms with Gasteiger partial charge in [-0.25, -0.2) is 0 Å². The number of fused-ring (bicyclic) bond motifs is 5. The van der Waals surface area contributed by atoms with E-state index < -0.39 is 5.97 Å². The average Bonchev–Trinajstić information content (AvgIpc) is 3.18. The van der Waals surface area contributed by atoms with Crippen LogP contribution < -0.4 is 0 Å². The number of rotatable bonds is 7. The van der Waals surface area contributed by atoms with E-state index in [9.17, 15) is 19.5 Å². The van der Waals surface area contributed by atoms with Crippen LogP contribution >= 0.6 is 0 Å². The third kappa shape index (κ3) is 4.27. The van der Waals surface area contributed by atoms with Gasteiger partial charge in [-0.1, -0.05) is 41.0 Å². The van der Waals surface area contributed by atoms with Crippen LogP contribution in [0.1, 0.15) is 99.3 Å². The number of hydrogen-bond acceptors (Lipinski definition) is 4. The Bertz CT molecular complexity index is 835. The Labute approximate surface area is 212 Å². The van der Waals surface area contributed by atoms with E-state index in [0.717, 1.165) is 51.4 Å². The number of aliphatic carboxylic acids is 1. The lowest BCUT2D eigenvalue weighted by Gasteiger charge is -2.66. The number of carbonyl (C=O) groups is 3. The van der Waals surface area contributed by atoms with Crippen molar-refractivity contribution in [3.05, 3.63) is 0 Å². The fourth-order valence-electron chi connectivity index (χ4n) is 10.2. The zero-order valence-electron chi connectivity index (χ0n) is 22.8. The number of Topliss-reactive ketones (excluding diaryl/α,β-unsaturated/α-hetero) is 1. The van der Waals surface area contributed by atoms with Gasteiger partial charge in [-0.15, -0.1) is 0 Å². The Kier molecular flexibility index (Phi) is 7.48. The van der Waals surface area contributed by atoms with Crippen molar-refractivity contribution < 1.29 is 24.2 Å². The normalized spacial score (nSPS) is 43.6. The second-order valence-electron chi connectivity index (χ2n) is 13.3. The number of hydrogen-bond donors (Lipinski definition) is 1. The zero-order valence-corrected chi connectivity index (χ0v) is 22.8. The van der Waals surface area contributed by atoms with Crippen molar-refractivity contribution in [2.45, 2.75) is 99.3 Å². The van der Waals surface area contributed by atoms with Crippen molar-refractivity contribution in [2.24, 2.45) is 64.1 Å². The molecule has 4 aliphatic carbocycles. The van der Waals surface area contributed by atoms with E-state index in [1.807, 2.05) is 0 Å². The topological polar surface area (TPSA) is 80.7 Å². The lowest BCUT2D eigenvalue weighted by molar-refractivity contribution is -0.185. The van der Waals surface area contributed by atoms with Gasteiger partial charge in [0.2, 0.25) is 0 Å². The summed E-state index contributed by atoms with van der Waals surface area (Å²) in [4.78, 5) is 36.5. The summed E-state index contributed by atoms with van der Waals surface area (Å²) < 4.78 is 5.12. The molecule has 5 nitrogen and oxygen atoms in total. The Morgan fingerprint density at radius 1 is 0.971 bits per heavy atom. The van der Waals surface area contributed by atoms with Gasteiger partial charge in [-0.05, 0) is 104 Å². The molecule has 1 N–H and O–H groups in total. The zero-order chi connectivity index (χ0) is 25.7. The van der Waals surface area contributed by atoms with E-state index in [-0.39, 0.29) is 41.0 Å². The molecule has 0 aromatic carbocycles. The molecule has 198 valence electrons. The summed E-state index contributed by atoms with van der Waals surface area (Å²) in [5, 5.41) is 9.92. The van der Waals surface area contributed by atoms with E-state index in [1.165, 1.54) is 13.3 Å². The molecule has 4 rings (SSSR count). The molecule has 0 bridgehead atoms. The molecule has 4 fully saturated rings. The second kappa shape index (κ2) is 9.82. The van der Waals surface area contributed by atoms with Gasteiger partial charge in [0.1, 0.15) is 6.61 Å². The predicted octanol–water partition coefficient (Wildman–Crippen LogP) is 6.39. The van der Waals surface area contributed by atoms with Crippen LogP contribution in [0.2, 0.25) is 0 Å². The fourth-order valence-corrected chi connectivity index (χ4v) is 10.2. The summed E-state index contributed by atoms with van der Waals surface area (Å²) in [5.74, 6) is 2.86. The molecule has 0 amide bonds. The average molecular weight is 489 g/mol. The van der Waals surface area contributed by atoms with Gasteiger partial charge in [-0.3, -0.25) is 14.4 Å². The SMILES string of the molecule is CCC(C)C1CC2C3CCC(C(=O)COC(C)=O)C3(C)CCC2C2(C(C)C)CCC(C(=O)O)CC12. The van der Waals surface area contributed by atoms with E-state index in [0.29, 0.717) is 41.4 Å². The van der Waals surface area contributed by atoms with Crippen LogP contribution in [0.4, 0.5) is 0 Å². The van der Waals surface area contributed by atoms with Crippen molar-refractivity contribution >= 4 is 17.7 Å². The number of esters is 1. The number of ketones is 1. The molecule has 5 heteroatoms. The summed E-state index contributed by atoms with van der Waals surface area (Å²) in [6.45, 7) is 13.1. The van der Waals surface area contributed by atoms with Gasteiger partial charge in [0.15, 0.2) is 5.78 Å². The fraction of sp³-hybridized carbons (Fsp3) is 0.900. The third-order valence-corrected chi connectivity index (χ3v) is 11.9. The van der Waals surface area contributed by atoms with Crippen LogP contribution in [0.15, 0.2) is 0 Å². The van der Waals surface area contributed by atoms with E-state index in [4.69, 9.17) is 4.74 Å². The summed E-state index contributed by atoms with van der Waals surface area (Å²) in [7, 11) is 0. The largest absolute Gasteiger partial charge is 0.481 e. The highest BCUT2D eigenvalue weighted by atomic mass is 16.5. The molecule has 10 atom stereocenters. The van der Waals surface area contributed by atoms with E-state index in [1.54, 1.807) is 0 Å². The van der Waals surface area contributed by atoms with E-state index >= 15 is 0 Å². The molecule has 0 aromatic rings. The Hall–Kier alpha value is -1.39. The van der Waals surface area contributed by atoms with Crippen LogP contribution in [0.3, 0.4) is 0 Å². The molecule has 0 aromatic heterocycles. The lowest BCUT2D eigenvalue weighted by atomic mass is 9.38. The summed E-state index contributed by atoms with van der Waals surface area (Å²) in [6, 6.07) is 0. The van der Waals surface area contributed by atoms with Gasteiger partial charge < -0.3 is 9.84 Å².